The van der Waals surface area contributed by atoms with E-state index in [2.05, 4.69) is 9.97 Å². The van der Waals surface area contributed by atoms with E-state index in [0.29, 0.717) is 16.8 Å². The summed E-state index contributed by atoms with van der Waals surface area (Å²) in [6.07, 6.45) is 4.72. The van der Waals surface area contributed by atoms with Crippen LogP contribution in [0.2, 0.25) is 0 Å². The lowest BCUT2D eigenvalue weighted by Gasteiger charge is -2.10. The first-order valence-corrected chi connectivity index (χ1v) is 5.25. The standard InChI is InChI=1S/C13H13FN2/c1-9(2)10-4-3-5-11(13(10)14)12-8-15-6-7-16-12/h3-9H,1-2H3. The Kier molecular flexibility index (Phi) is 2.95. The van der Waals surface area contributed by atoms with Gasteiger partial charge in [0.05, 0.1) is 11.9 Å². The Morgan fingerprint density at radius 3 is 2.62 bits per heavy atom. The topological polar surface area (TPSA) is 25.8 Å². The number of halogens is 1. The summed E-state index contributed by atoms with van der Waals surface area (Å²) in [7, 11) is 0. The summed E-state index contributed by atoms with van der Waals surface area (Å²) >= 11 is 0. The Labute approximate surface area is 94.2 Å². The Balaban J connectivity index is 2.55. The van der Waals surface area contributed by atoms with Crippen LogP contribution in [0.1, 0.15) is 25.3 Å². The molecule has 0 spiro atoms. The summed E-state index contributed by atoms with van der Waals surface area (Å²) in [6, 6.07) is 5.38. The highest BCUT2D eigenvalue weighted by atomic mass is 19.1. The Hall–Kier alpha value is -1.77. The summed E-state index contributed by atoms with van der Waals surface area (Å²) in [5, 5.41) is 0. The first kappa shape index (κ1) is 10.7. The first-order valence-electron chi connectivity index (χ1n) is 5.25. The van der Waals surface area contributed by atoms with Crippen LogP contribution in [0.15, 0.2) is 36.8 Å². The highest BCUT2D eigenvalue weighted by Crippen LogP contribution is 2.26. The average Bonchev–Trinajstić information content (AvgIpc) is 2.30. The number of hydrogen-bond donors (Lipinski definition) is 0. The molecule has 0 saturated carbocycles. The predicted molar refractivity (Wildman–Crippen MR) is 61.5 cm³/mol. The van der Waals surface area contributed by atoms with Gasteiger partial charge in [0.25, 0.3) is 0 Å². The molecule has 0 N–H and O–H groups in total. The second-order valence-corrected chi connectivity index (χ2v) is 3.95. The number of hydrogen-bond acceptors (Lipinski definition) is 2. The molecule has 0 atom stereocenters. The minimum Gasteiger partial charge on any atom is -0.261 e. The molecule has 3 heteroatoms. The molecule has 0 radical (unpaired) electrons. The Bertz CT molecular complexity index is 481. The van der Waals surface area contributed by atoms with Gasteiger partial charge in [0, 0.05) is 18.0 Å². The molecule has 2 aromatic rings. The summed E-state index contributed by atoms with van der Waals surface area (Å²) in [5.41, 5.74) is 1.80. The third kappa shape index (κ3) is 1.94. The number of benzene rings is 1. The van der Waals surface area contributed by atoms with Gasteiger partial charge >= 0.3 is 0 Å². The molecule has 1 heterocycles. The maximum Gasteiger partial charge on any atom is 0.136 e. The van der Waals surface area contributed by atoms with Crippen molar-refractivity contribution in [3.05, 3.63) is 48.2 Å². The third-order valence-corrected chi connectivity index (χ3v) is 2.49. The van der Waals surface area contributed by atoms with Gasteiger partial charge in [-0.3, -0.25) is 9.97 Å². The van der Waals surface area contributed by atoms with Gasteiger partial charge in [0.15, 0.2) is 0 Å². The quantitative estimate of drug-likeness (QED) is 0.768. The SMILES string of the molecule is CC(C)c1cccc(-c2cnccn2)c1F. The van der Waals surface area contributed by atoms with E-state index in [4.69, 9.17) is 0 Å². The Morgan fingerprint density at radius 1 is 1.19 bits per heavy atom. The molecule has 82 valence electrons. The van der Waals surface area contributed by atoms with Gasteiger partial charge in [-0.05, 0) is 17.5 Å². The van der Waals surface area contributed by atoms with E-state index in [1.54, 1.807) is 30.7 Å². The highest BCUT2D eigenvalue weighted by Gasteiger charge is 2.12. The molecule has 0 amide bonds. The van der Waals surface area contributed by atoms with Gasteiger partial charge < -0.3 is 0 Å². The molecule has 1 aromatic carbocycles. The molecule has 0 saturated heterocycles. The smallest absolute Gasteiger partial charge is 0.136 e. The van der Waals surface area contributed by atoms with Crippen LogP contribution in [-0.2, 0) is 0 Å². The molecule has 2 rings (SSSR count). The normalized spacial score (nSPS) is 10.8. The third-order valence-electron chi connectivity index (χ3n) is 2.49. The fraction of sp³-hybridized carbons (Fsp3) is 0.231. The molecule has 0 aliphatic rings. The molecular formula is C13H13FN2. The zero-order valence-corrected chi connectivity index (χ0v) is 9.31. The zero-order valence-electron chi connectivity index (χ0n) is 9.31. The lowest BCUT2D eigenvalue weighted by atomic mass is 9.99. The van der Waals surface area contributed by atoms with E-state index >= 15 is 0 Å². The van der Waals surface area contributed by atoms with Crippen molar-refractivity contribution in [1.29, 1.82) is 0 Å². The van der Waals surface area contributed by atoms with Crippen LogP contribution in [0.4, 0.5) is 4.39 Å². The lowest BCUT2D eigenvalue weighted by molar-refractivity contribution is 0.601. The Morgan fingerprint density at radius 2 is 2.00 bits per heavy atom. The van der Waals surface area contributed by atoms with Crippen molar-refractivity contribution >= 4 is 0 Å². The molecule has 1 aromatic heterocycles. The molecule has 0 aliphatic carbocycles. The fourth-order valence-corrected chi connectivity index (χ4v) is 1.63. The second kappa shape index (κ2) is 4.39. The number of rotatable bonds is 2. The molecular weight excluding hydrogens is 203 g/mol. The van der Waals surface area contributed by atoms with Crippen LogP contribution in [0.5, 0.6) is 0 Å². The van der Waals surface area contributed by atoms with Crippen molar-refractivity contribution < 1.29 is 4.39 Å². The predicted octanol–water partition coefficient (Wildman–Crippen LogP) is 3.41. The second-order valence-electron chi connectivity index (χ2n) is 3.95. The first-order chi connectivity index (χ1) is 7.70. The summed E-state index contributed by atoms with van der Waals surface area (Å²) in [4.78, 5) is 8.06. The van der Waals surface area contributed by atoms with Gasteiger partial charge in [0.2, 0.25) is 0 Å². The van der Waals surface area contributed by atoms with Crippen molar-refractivity contribution in [1.82, 2.24) is 9.97 Å². The van der Waals surface area contributed by atoms with Crippen molar-refractivity contribution in [2.45, 2.75) is 19.8 Å². The van der Waals surface area contributed by atoms with E-state index in [9.17, 15) is 4.39 Å². The largest absolute Gasteiger partial charge is 0.261 e. The van der Waals surface area contributed by atoms with Crippen LogP contribution in [-0.4, -0.2) is 9.97 Å². The molecule has 0 aliphatic heterocycles. The molecule has 16 heavy (non-hydrogen) atoms. The van der Waals surface area contributed by atoms with Gasteiger partial charge in [0.1, 0.15) is 5.82 Å². The van der Waals surface area contributed by atoms with Crippen molar-refractivity contribution in [3.8, 4) is 11.3 Å². The van der Waals surface area contributed by atoms with E-state index in [-0.39, 0.29) is 11.7 Å². The van der Waals surface area contributed by atoms with E-state index in [1.807, 2.05) is 19.9 Å². The van der Waals surface area contributed by atoms with Gasteiger partial charge in [-0.25, -0.2) is 4.39 Å². The fourth-order valence-electron chi connectivity index (χ4n) is 1.63. The van der Waals surface area contributed by atoms with Crippen LogP contribution >= 0.6 is 0 Å². The lowest BCUT2D eigenvalue weighted by Crippen LogP contribution is -1.96. The highest BCUT2D eigenvalue weighted by molar-refractivity contribution is 5.60. The average molecular weight is 216 g/mol. The van der Waals surface area contributed by atoms with E-state index in [0.717, 1.165) is 0 Å². The molecule has 0 unspecified atom stereocenters. The summed E-state index contributed by atoms with van der Waals surface area (Å²) < 4.78 is 14.1. The van der Waals surface area contributed by atoms with E-state index in [1.165, 1.54) is 0 Å². The zero-order chi connectivity index (χ0) is 11.5. The molecule has 2 nitrogen and oxygen atoms in total. The minimum atomic E-state index is -0.196. The van der Waals surface area contributed by atoms with Crippen LogP contribution in [0.3, 0.4) is 0 Å². The summed E-state index contributed by atoms with van der Waals surface area (Å²) in [5.74, 6) is -0.0328. The number of nitrogens with zero attached hydrogens (tertiary/aromatic N) is 2. The van der Waals surface area contributed by atoms with Crippen molar-refractivity contribution in [2.75, 3.05) is 0 Å². The maximum atomic E-state index is 14.1. The number of aromatic nitrogens is 2. The van der Waals surface area contributed by atoms with Crippen LogP contribution in [0, 0.1) is 5.82 Å². The van der Waals surface area contributed by atoms with Crippen molar-refractivity contribution in [2.24, 2.45) is 0 Å². The molecule has 0 fully saturated rings. The maximum absolute atomic E-state index is 14.1. The minimum absolute atomic E-state index is 0.164. The van der Waals surface area contributed by atoms with Gasteiger partial charge in [-0.2, -0.15) is 0 Å². The van der Waals surface area contributed by atoms with Gasteiger partial charge in [-0.15, -0.1) is 0 Å². The monoisotopic (exact) mass is 216 g/mol. The summed E-state index contributed by atoms with van der Waals surface area (Å²) in [6.45, 7) is 3.94. The molecule has 0 bridgehead atoms. The van der Waals surface area contributed by atoms with Crippen molar-refractivity contribution in [3.63, 3.8) is 0 Å². The van der Waals surface area contributed by atoms with Gasteiger partial charge in [-0.1, -0.05) is 26.0 Å². The van der Waals surface area contributed by atoms with E-state index < -0.39 is 0 Å². The van der Waals surface area contributed by atoms with Crippen LogP contribution < -0.4 is 0 Å². The van der Waals surface area contributed by atoms with Crippen LogP contribution in [0.25, 0.3) is 11.3 Å².